The van der Waals surface area contributed by atoms with E-state index in [1.807, 2.05) is 49.4 Å². The Hall–Kier alpha value is -4.62. The maximum Gasteiger partial charge on any atom is 0.272 e. The highest BCUT2D eigenvalue weighted by Gasteiger charge is 2.15. The van der Waals surface area contributed by atoms with Gasteiger partial charge in [-0.05, 0) is 67.1 Å². The van der Waals surface area contributed by atoms with Gasteiger partial charge in [0.25, 0.3) is 11.8 Å². The van der Waals surface area contributed by atoms with Gasteiger partial charge in [-0.25, -0.2) is 0 Å². The van der Waals surface area contributed by atoms with Crippen molar-refractivity contribution in [1.82, 2.24) is 5.32 Å². The zero-order valence-electron chi connectivity index (χ0n) is 21.6. The fraction of sp³-hybridized carbons (Fsp3) is 0.0938. The number of Topliss-reactive ketones (excluding diaryl/α,β-unsaturated/α-hetero) is 1. The van der Waals surface area contributed by atoms with Gasteiger partial charge >= 0.3 is 0 Å². The van der Waals surface area contributed by atoms with Gasteiger partial charge in [0.2, 0.25) is 0 Å². The molecule has 2 amide bonds. The Bertz CT molecular complexity index is 1460. The molecule has 0 fully saturated rings. The molecule has 0 aromatic heterocycles. The smallest absolute Gasteiger partial charge is 0.272 e. The largest absolute Gasteiger partial charge is 0.497 e. The Morgan fingerprint density at radius 1 is 0.795 bits per heavy atom. The van der Waals surface area contributed by atoms with Crippen LogP contribution in [-0.4, -0.2) is 30.5 Å². The van der Waals surface area contributed by atoms with Crippen LogP contribution in [0.1, 0.15) is 31.8 Å². The van der Waals surface area contributed by atoms with Crippen LogP contribution in [0.2, 0.25) is 0 Å². The Labute approximate surface area is 232 Å². The minimum atomic E-state index is -0.468. The summed E-state index contributed by atoms with van der Waals surface area (Å²) in [5, 5.41) is 5.57. The SMILES string of the molecule is COc1ccc(/C=C(\NC(=O)c2ccccc2)C(=O)Nc2ccc(SCC(=O)c3ccc(C)cc3)cc2)cc1. The van der Waals surface area contributed by atoms with Gasteiger partial charge in [-0.3, -0.25) is 14.4 Å². The van der Waals surface area contributed by atoms with Crippen LogP contribution in [0.4, 0.5) is 5.69 Å². The van der Waals surface area contributed by atoms with Crippen molar-refractivity contribution in [1.29, 1.82) is 0 Å². The zero-order chi connectivity index (χ0) is 27.6. The number of carbonyl (C=O) groups excluding carboxylic acids is 3. The molecule has 2 N–H and O–H groups in total. The number of nitrogens with one attached hydrogen (secondary N) is 2. The van der Waals surface area contributed by atoms with Crippen LogP contribution in [0.3, 0.4) is 0 Å². The second-order valence-electron chi connectivity index (χ2n) is 8.71. The van der Waals surface area contributed by atoms with Gasteiger partial charge in [0.05, 0.1) is 12.9 Å². The molecular weight excluding hydrogens is 508 g/mol. The topological polar surface area (TPSA) is 84.5 Å². The molecule has 6 nitrogen and oxygen atoms in total. The molecule has 0 saturated carbocycles. The Balaban J connectivity index is 1.44. The maximum absolute atomic E-state index is 13.2. The molecule has 0 aliphatic carbocycles. The van der Waals surface area contributed by atoms with Crippen molar-refractivity contribution in [2.75, 3.05) is 18.2 Å². The van der Waals surface area contributed by atoms with Gasteiger partial charge in [-0.1, -0.05) is 60.2 Å². The van der Waals surface area contributed by atoms with E-state index < -0.39 is 11.8 Å². The molecule has 0 aliphatic rings. The number of thioether (sulfide) groups is 1. The number of aryl methyl sites for hydroxylation is 1. The van der Waals surface area contributed by atoms with E-state index >= 15 is 0 Å². The first-order chi connectivity index (χ1) is 18.9. The van der Waals surface area contributed by atoms with Crippen LogP contribution in [-0.2, 0) is 4.79 Å². The van der Waals surface area contributed by atoms with Crippen LogP contribution < -0.4 is 15.4 Å². The van der Waals surface area contributed by atoms with Gasteiger partial charge in [-0.2, -0.15) is 0 Å². The highest BCUT2D eigenvalue weighted by molar-refractivity contribution is 8.00. The van der Waals surface area contributed by atoms with Gasteiger partial charge in [-0.15, -0.1) is 11.8 Å². The minimum absolute atomic E-state index is 0.0554. The lowest BCUT2D eigenvalue weighted by atomic mass is 10.1. The lowest BCUT2D eigenvalue weighted by Crippen LogP contribution is -2.30. The summed E-state index contributed by atoms with van der Waals surface area (Å²) in [5.74, 6) is 0.195. The van der Waals surface area contributed by atoms with Crippen LogP contribution in [0, 0.1) is 6.92 Å². The highest BCUT2D eigenvalue weighted by atomic mass is 32.2. The molecule has 4 aromatic rings. The Morgan fingerprint density at radius 2 is 1.46 bits per heavy atom. The molecule has 0 unspecified atom stereocenters. The summed E-state index contributed by atoms with van der Waals surface area (Å²) in [6, 6.07) is 30.6. The third kappa shape index (κ3) is 7.93. The van der Waals surface area contributed by atoms with E-state index in [0.717, 1.165) is 16.0 Å². The summed E-state index contributed by atoms with van der Waals surface area (Å²) in [4.78, 5) is 39.4. The third-order valence-electron chi connectivity index (χ3n) is 5.81. The number of ketones is 1. The fourth-order valence-corrected chi connectivity index (χ4v) is 4.41. The quantitative estimate of drug-likeness (QED) is 0.139. The van der Waals surface area contributed by atoms with Crippen molar-refractivity contribution in [3.63, 3.8) is 0 Å². The molecule has 4 rings (SSSR count). The van der Waals surface area contributed by atoms with Crippen LogP contribution in [0.25, 0.3) is 6.08 Å². The van der Waals surface area contributed by atoms with E-state index in [-0.39, 0.29) is 11.5 Å². The molecule has 39 heavy (non-hydrogen) atoms. The third-order valence-corrected chi connectivity index (χ3v) is 6.82. The number of carbonyl (C=O) groups is 3. The van der Waals surface area contributed by atoms with Crippen molar-refractivity contribution >= 4 is 41.1 Å². The standard InChI is InChI=1S/C32H28N2O4S/c1-22-8-12-24(13-9-22)30(35)21-39-28-18-14-26(15-19-28)33-32(37)29(20-23-10-16-27(38-2)17-11-23)34-31(36)25-6-4-3-5-7-25/h3-20H,21H2,1-2H3,(H,33,37)(H,34,36)/b29-20-. The lowest BCUT2D eigenvalue weighted by molar-refractivity contribution is -0.113. The van der Waals surface area contributed by atoms with Gasteiger partial charge < -0.3 is 15.4 Å². The number of rotatable bonds is 10. The summed E-state index contributed by atoms with van der Waals surface area (Å²) in [5.41, 5.74) is 3.61. The van der Waals surface area contributed by atoms with E-state index in [1.54, 1.807) is 73.8 Å². The van der Waals surface area contributed by atoms with Gasteiger partial charge in [0, 0.05) is 21.7 Å². The molecule has 0 saturated heterocycles. The van der Waals surface area contributed by atoms with Crippen molar-refractivity contribution in [3.8, 4) is 5.75 Å². The predicted molar refractivity (Wildman–Crippen MR) is 156 cm³/mol. The molecule has 0 atom stereocenters. The molecule has 4 aromatic carbocycles. The molecule has 0 heterocycles. The summed E-state index contributed by atoms with van der Waals surface area (Å²) in [6.45, 7) is 1.98. The van der Waals surface area contributed by atoms with Crippen molar-refractivity contribution in [2.45, 2.75) is 11.8 Å². The predicted octanol–water partition coefficient (Wildman–Crippen LogP) is 6.39. The summed E-state index contributed by atoms with van der Waals surface area (Å²) >= 11 is 1.43. The first kappa shape index (κ1) is 27.4. The molecule has 0 radical (unpaired) electrons. The van der Waals surface area contributed by atoms with E-state index in [2.05, 4.69) is 10.6 Å². The summed E-state index contributed by atoms with van der Waals surface area (Å²) < 4.78 is 5.20. The van der Waals surface area contributed by atoms with E-state index in [4.69, 9.17) is 4.74 Å². The second-order valence-corrected chi connectivity index (χ2v) is 9.76. The lowest BCUT2D eigenvalue weighted by Gasteiger charge is -2.12. The first-order valence-electron chi connectivity index (χ1n) is 12.3. The fourth-order valence-electron chi connectivity index (χ4n) is 3.61. The summed E-state index contributed by atoms with van der Waals surface area (Å²) in [6.07, 6.45) is 1.61. The van der Waals surface area contributed by atoms with Crippen LogP contribution >= 0.6 is 11.8 Å². The number of hydrogen-bond donors (Lipinski definition) is 2. The molecule has 0 aliphatic heterocycles. The maximum atomic E-state index is 13.2. The Kier molecular flexibility index (Phi) is 9.32. The minimum Gasteiger partial charge on any atom is -0.497 e. The summed E-state index contributed by atoms with van der Waals surface area (Å²) in [7, 11) is 1.58. The molecule has 0 spiro atoms. The van der Waals surface area contributed by atoms with Crippen molar-refractivity contribution < 1.29 is 19.1 Å². The number of amides is 2. The van der Waals surface area contributed by atoms with E-state index in [9.17, 15) is 14.4 Å². The zero-order valence-corrected chi connectivity index (χ0v) is 22.5. The first-order valence-corrected chi connectivity index (χ1v) is 13.3. The molecule has 196 valence electrons. The molecular formula is C32H28N2O4S. The number of hydrogen-bond acceptors (Lipinski definition) is 5. The van der Waals surface area contributed by atoms with Crippen molar-refractivity contribution in [3.05, 3.63) is 131 Å². The van der Waals surface area contributed by atoms with Gasteiger partial charge in [0.15, 0.2) is 5.78 Å². The molecule has 0 bridgehead atoms. The van der Waals surface area contributed by atoms with E-state index in [0.29, 0.717) is 28.3 Å². The van der Waals surface area contributed by atoms with Crippen molar-refractivity contribution in [2.24, 2.45) is 0 Å². The number of methoxy groups -OCH3 is 1. The monoisotopic (exact) mass is 536 g/mol. The molecule has 7 heteroatoms. The van der Waals surface area contributed by atoms with Crippen LogP contribution in [0.15, 0.2) is 114 Å². The number of anilines is 1. The highest BCUT2D eigenvalue weighted by Crippen LogP contribution is 2.22. The van der Waals surface area contributed by atoms with Crippen LogP contribution in [0.5, 0.6) is 5.75 Å². The average Bonchev–Trinajstić information content (AvgIpc) is 2.97. The normalized spacial score (nSPS) is 11.0. The number of ether oxygens (including phenoxy) is 1. The Morgan fingerprint density at radius 3 is 2.10 bits per heavy atom. The average molecular weight is 537 g/mol. The van der Waals surface area contributed by atoms with E-state index in [1.165, 1.54) is 11.8 Å². The van der Waals surface area contributed by atoms with Gasteiger partial charge in [0.1, 0.15) is 11.4 Å². The number of benzene rings is 4. The second kappa shape index (κ2) is 13.3.